The Balaban J connectivity index is 2.49. The van der Waals surface area contributed by atoms with Gasteiger partial charge in [0.05, 0.1) is 32.8 Å². The Morgan fingerprint density at radius 2 is 2.28 bits per heavy atom. The van der Waals surface area contributed by atoms with Crippen LogP contribution >= 0.6 is 0 Å². The highest BCUT2D eigenvalue weighted by Crippen LogP contribution is 2.00. The highest BCUT2D eigenvalue weighted by molar-refractivity contribution is 5.84. The second kappa shape index (κ2) is 6.70. The fourth-order valence-corrected chi connectivity index (χ4v) is 1.26. The Morgan fingerprint density at radius 1 is 1.56 bits per heavy atom. The first kappa shape index (κ1) is 14.1. The number of methoxy groups -OCH3 is 1. The van der Waals surface area contributed by atoms with Crippen molar-refractivity contribution >= 4 is 11.9 Å². The van der Waals surface area contributed by atoms with Gasteiger partial charge in [0.25, 0.3) is 5.82 Å². The first-order valence-electron chi connectivity index (χ1n) is 5.38. The lowest BCUT2D eigenvalue weighted by molar-refractivity contribution is -0.145. The van der Waals surface area contributed by atoms with Crippen molar-refractivity contribution in [1.29, 1.82) is 0 Å². The summed E-state index contributed by atoms with van der Waals surface area (Å²) >= 11 is 0. The van der Waals surface area contributed by atoms with Crippen LogP contribution in [0.3, 0.4) is 0 Å². The molecule has 0 aliphatic rings. The molecule has 0 fully saturated rings. The maximum Gasteiger partial charge on any atom is 0.377 e. The van der Waals surface area contributed by atoms with Crippen molar-refractivity contribution in [2.24, 2.45) is 0 Å². The Hall–Kier alpha value is -1.96. The lowest BCUT2D eigenvalue weighted by Crippen LogP contribution is -2.21. The van der Waals surface area contributed by atoms with Crippen LogP contribution in [0.4, 0.5) is 0 Å². The van der Waals surface area contributed by atoms with Gasteiger partial charge in [-0.25, -0.2) is 14.5 Å². The summed E-state index contributed by atoms with van der Waals surface area (Å²) in [7, 11) is 1.22. The van der Waals surface area contributed by atoms with Gasteiger partial charge in [0.15, 0.2) is 0 Å². The number of ether oxygens (including phenoxy) is 2. The number of hydrogen-bond acceptors (Lipinski definition) is 7. The summed E-state index contributed by atoms with van der Waals surface area (Å²) in [6.07, 6.45) is 0.193. The van der Waals surface area contributed by atoms with Gasteiger partial charge in [-0.15, -0.1) is 5.10 Å². The van der Waals surface area contributed by atoms with Crippen molar-refractivity contribution < 1.29 is 24.2 Å². The summed E-state index contributed by atoms with van der Waals surface area (Å²) < 4.78 is 10.4. The van der Waals surface area contributed by atoms with E-state index < -0.39 is 18.0 Å². The van der Waals surface area contributed by atoms with Crippen LogP contribution in [0.25, 0.3) is 0 Å². The standard InChI is InChI=1S/C10H15N3O5/c1-3-18-8(15)4-7(14)5-13-6-11-9(12-13)10(16)17-2/h6-7,14H,3-5H2,1-2H3. The Kier molecular flexibility index (Phi) is 5.25. The van der Waals surface area contributed by atoms with Crippen LogP contribution in [0.2, 0.25) is 0 Å². The molecule has 0 saturated heterocycles. The molecule has 1 aromatic rings. The average Bonchev–Trinajstić information content (AvgIpc) is 2.76. The third-order valence-electron chi connectivity index (χ3n) is 2.01. The number of aromatic nitrogens is 3. The van der Waals surface area contributed by atoms with Crippen molar-refractivity contribution in [2.75, 3.05) is 13.7 Å². The van der Waals surface area contributed by atoms with E-state index in [2.05, 4.69) is 14.8 Å². The van der Waals surface area contributed by atoms with Crippen molar-refractivity contribution in [3.05, 3.63) is 12.2 Å². The third-order valence-corrected chi connectivity index (χ3v) is 2.01. The SMILES string of the molecule is CCOC(=O)CC(O)Cn1cnc(C(=O)OC)n1. The number of carbonyl (C=O) groups excluding carboxylic acids is 2. The van der Waals surface area contributed by atoms with Crippen molar-refractivity contribution in [1.82, 2.24) is 14.8 Å². The van der Waals surface area contributed by atoms with Crippen LogP contribution < -0.4 is 0 Å². The lowest BCUT2D eigenvalue weighted by atomic mass is 10.2. The van der Waals surface area contributed by atoms with Gasteiger partial charge in [0, 0.05) is 0 Å². The van der Waals surface area contributed by atoms with Crippen molar-refractivity contribution in [2.45, 2.75) is 26.0 Å². The Morgan fingerprint density at radius 3 is 2.89 bits per heavy atom. The minimum Gasteiger partial charge on any atom is -0.466 e. The second-order valence-corrected chi connectivity index (χ2v) is 3.44. The molecule has 8 nitrogen and oxygen atoms in total. The number of esters is 2. The number of hydrogen-bond donors (Lipinski definition) is 1. The molecule has 1 heterocycles. The second-order valence-electron chi connectivity index (χ2n) is 3.44. The first-order valence-corrected chi connectivity index (χ1v) is 5.38. The summed E-state index contributed by atoms with van der Waals surface area (Å²) in [5, 5.41) is 13.4. The molecule has 0 aliphatic carbocycles. The number of nitrogens with zero attached hydrogens (tertiary/aromatic N) is 3. The lowest BCUT2D eigenvalue weighted by Gasteiger charge is -2.09. The molecule has 1 rings (SSSR count). The number of rotatable bonds is 6. The predicted octanol–water partition coefficient (Wildman–Crippen LogP) is -0.621. The van der Waals surface area contributed by atoms with E-state index in [0.29, 0.717) is 0 Å². The molecule has 18 heavy (non-hydrogen) atoms. The molecule has 1 aromatic heterocycles. The van der Waals surface area contributed by atoms with Gasteiger partial charge in [-0.3, -0.25) is 4.79 Å². The molecule has 0 bridgehead atoms. The van der Waals surface area contributed by atoms with E-state index >= 15 is 0 Å². The van der Waals surface area contributed by atoms with E-state index in [9.17, 15) is 14.7 Å². The molecule has 0 aromatic carbocycles. The van der Waals surface area contributed by atoms with Crippen LogP contribution in [0, 0.1) is 0 Å². The number of carbonyl (C=O) groups is 2. The van der Waals surface area contributed by atoms with E-state index in [4.69, 9.17) is 4.74 Å². The fraction of sp³-hybridized carbons (Fsp3) is 0.600. The van der Waals surface area contributed by atoms with E-state index in [1.807, 2.05) is 0 Å². The monoisotopic (exact) mass is 257 g/mol. The topological polar surface area (TPSA) is 104 Å². The molecule has 1 atom stereocenters. The summed E-state index contributed by atoms with van der Waals surface area (Å²) in [4.78, 5) is 25.9. The molecule has 0 amide bonds. The molecule has 0 aliphatic heterocycles. The van der Waals surface area contributed by atoms with Gasteiger partial charge >= 0.3 is 11.9 Å². The minimum atomic E-state index is -0.948. The highest BCUT2D eigenvalue weighted by Gasteiger charge is 2.15. The summed E-state index contributed by atoms with van der Waals surface area (Å²) in [6, 6.07) is 0. The zero-order chi connectivity index (χ0) is 13.5. The Bertz CT molecular complexity index is 417. The molecular weight excluding hydrogens is 242 g/mol. The molecule has 0 saturated carbocycles. The van der Waals surface area contributed by atoms with Gasteiger partial charge in [-0.2, -0.15) is 0 Å². The average molecular weight is 257 g/mol. The van der Waals surface area contributed by atoms with Gasteiger partial charge < -0.3 is 14.6 Å². The smallest absolute Gasteiger partial charge is 0.377 e. The minimum absolute atomic E-state index is 0.0445. The maximum absolute atomic E-state index is 11.1. The molecular formula is C10H15N3O5. The molecule has 1 unspecified atom stereocenters. The molecule has 8 heteroatoms. The van der Waals surface area contributed by atoms with E-state index in [1.54, 1.807) is 6.92 Å². The van der Waals surface area contributed by atoms with Crippen molar-refractivity contribution in [3.63, 3.8) is 0 Å². The summed E-state index contributed by atoms with van der Waals surface area (Å²) in [5.74, 6) is -1.24. The van der Waals surface area contributed by atoms with Gasteiger partial charge in [0.2, 0.25) is 0 Å². The zero-order valence-corrected chi connectivity index (χ0v) is 10.2. The summed E-state index contributed by atoms with van der Waals surface area (Å²) in [5.41, 5.74) is 0. The van der Waals surface area contributed by atoms with Crippen LogP contribution in [-0.4, -0.2) is 51.6 Å². The molecule has 0 radical (unpaired) electrons. The van der Waals surface area contributed by atoms with E-state index in [0.717, 1.165) is 0 Å². The van der Waals surface area contributed by atoms with Crippen LogP contribution in [0.5, 0.6) is 0 Å². The number of aliphatic hydroxyl groups excluding tert-OH is 1. The normalized spacial score (nSPS) is 11.9. The van der Waals surface area contributed by atoms with Crippen LogP contribution in [0.1, 0.15) is 24.0 Å². The fourth-order valence-electron chi connectivity index (χ4n) is 1.26. The molecule has 1 N–H and O–H groups in total. The first-order chi connectivity index (χ1) is 8.56. The summed E-state index contributed by atoms with van der Waals surface area (Å²) in [6.45, 7) is 1.99. The van der Waals surface area contributed by atoms with E-state index in [-0.39, 0.29) is 25.4 Å². The van der Waals surface area contributed by atoms with Crippen LogP contribution in [0.15, 0.2) is 6.33 Å². The third kappa shape index (κ3) is 4.13. The van der Waals surface area contributed by atoms with Gasteiger partial charge in [0.1, 0.15) is 6.33 Å². The van der Waals surface area contributed by atoms with Gasteiger partial charge in [-0.1, -0.05) is 0 Å². The van der Waals surface area contributed by atoms with Gasteiger partial charge in [-0.05, 0) is 6.92 Å². The largest absolute Gasteiger partial charge is 0.466 e. The highest BCUT2D eigenvalue weighted by atomic mass is 16.5. The maximum atomic E-state index is 11.1. The number of aliphatic hydroxyl groups is 1. The van der Waals surface area contributed by atoms with E-state index in [1.165, 1.54) is 18.1 Å². The zero-order valence-electron chi connectivity index (χ0n) is 10.2. The predicted molar refractivity (Wildman–Crippen MR) is 58.6 cm³/mol. The van der Waals surface area contributed by atoms with Crippen LogP contribution in [-0.2, 0) is 20.8 Å². The van der Waals surface area contributed by atoms with Crippen molar-refractivity contribution in [3.8, 4) is 0 Å². The Labute approximate surface area is 104 Å². The molecule has 100 valence electrons. The quantitative estimate of drug-likeness (QED) is 0.677. The molecule has 0 spiro atoms.